The van der Waals surface area contributed by atoms with Gasteiger partial charge in [-0.15, -0.1) is 0 Å². The second kappa shape index (κ2) is 8.33. The van der Waals surface area contributed by atoms with Crippen molar-refractivity contribution in [1.82, 2.24) is 19.9 Å². The minimum Gasteiger partial charge on any atom is -0.364 e. The van der Waals surface area contributed by atoms with E-state index in [2.05, 4.69) is 26.7 Å². The molecule has 2 N–H and O–H groups in total. The summed E-state index contributed by atoms with van der Waals surface area (Å²) >= 11 is 0. The van der Waals surface area contributed by atoms with E-state index in [1.165, 1.54) is 6.33 Å². The molecule has 2 unspecified atom stereocenters. The highest BCUT2D eigenvalue weighted by molar-refractivity contribution is 5.92. The maximum Gasteiger partial charge on any atom is 0.272 e. The van der Waals surface area contributed by atoms with Crippen LogP contribution in [0, 0.1) is 18.3 Å². The molecule has 1 fully saturated rings. The molecule has 1 saturated carbocycles. The molecule has 3 atom stereocenters. The number of carbonyl (C=O) groups is 1. The number of nitrogens with zero attached hydrogens (tertiary/aromatic N) is 4. The van der Waals surface area contributed by atoms with Crippen LogP contribution in [0.2, 0.25) is 0 Å². The number of nitriles is 1. The number of hydrogen-bond acceptors (Lipinski definition) is 5. The zero-order chi connectivity index (χ0) is 21.1. The predicted octanol–water partition coefficient (Wildman–Crippen LogP) is 3.48. The third kappa shape index (κ3) is 4.01. The third-order valence-electron chi connectivity index (χ3n) is 5.23. The number of nitrogens with one attached hydrogen (secondary N) is 2. The van der Waals surface area contributed by atoms with E-state index in [1.54, 1.807) is 29.1 Å². The monoisotopic (exact) mass is 404 g/mol. The van der Waals surface area contributed by atoms with Gasteiger partial charge in [0.1, 0.15) is 30.1 Å². The first-order valence-electron chi connectivity index (χ1n) is 9.72. The topological polar surface area (TPSA) is 95.6 Å². The smallest absolute Gasteiger partial charge is 0.272 e. The molecule has 3 aromatic rings. The molecule has 4 rings (SSSR count). The van der Waals surface area contributed by atoms with E-state index >= 15 is 0 Å². The first-order chi connectivity index (χ1) is 14.5. The summed E-state index contributed by atoms with van der Waals surface area (Å²) in [6, 6.07) is 12.0. The summed E-state index contributed by atoms with van der Waals surface area (Å²) in [4.78, 5) is 21.1. The number of alkyl halides is 1. The lowest BCUT2D eigenvalue weighted by atomic mass is 9.90. The molecule has 2 aromatic heterocycles. The Morgan fingerprint density at radius 1 is 1.30 bits per heavy atom. The van der Waals surface area contributed by atoms with Gasteiger partial charge in [0.25, 0.3) is 5.91 Å². The predicted molar refractivity (Wildman–Crippen MR) is 110 cm³/mol. The number of rotatable bonds is 6. The second-order valence-electron chi connectivity index (χ2n) is 7.31. The van der Waals surface area contributed by atoms with Crippen molar-refractivity contribution in [2.24, 2.45) is 0 Å². The highest BCUT2D eigenvalue weighted by Gasteiger charge is 2.30. The molecule has 0 saturated heterocycles. The fraction of sp³-hybridized carbons (Fsp3) is 0.273. The average molecular weight is 404 g/mol. The minimum atomic E-state index is -0.849. The summed E-state index contributed by atoms with van der Waals surface area (Å²) in [7, 11) is 0. The maximum absolute atomic E-state index is 13.5. The number of benzene rings is 1. The van der Waals surface area contributed by atoms with E-state index < -0.39 is 18.1 Å². The van der Waals surface area contributed by atoms with Gasteiger partial charge in [0.05, 0.1) is 17.8 Å². The number of imidazole rings is 1. The van der Waals surface area contributed by atoms with Gasteiger partial charge in [0, 0.05) is 18.5 Å². The Balaban J connectivity index is 1.51. The average Bonchev–Trinajstić information content (AvgIpc) is 3.26. The summed E-state index contributed by atoms with van der Waals surface area (Å²) < 4.78 is 15.3. The molecule has 1 aliphatic rings. The van der Waals surface area contributed by atoms with E-state index in [-0.39, 0.29) is 11.7 Å². The van der Waals surface area contributed by atoms with E-state index in [9.17, 15) is 14.4 Å². The van der Waals surface area contributed by atoms with Crippen LogP contribution in [0.1, 0.15) is 40.5 Å². The molecule has 1 amide bonds. The molecule has 30 heavy (non-hydrogen) atoms. The van der Waals surface area contributed by atoms with Gasteiger partial charge in [-0.3, -0.25) is 4.79 Å². The lowest BCUT2D eigenvalue weighted by molar-refractivity contribution is 0.0940. The van der Waals surface area contributed by atoms with Crippen LogP contribution in [0.3, 0.4) is 0 Å². The molecule has 0 spiro atoms. The van der Waals surface area contributed by atoms with Crippen molar-refractivity contribution in [2.75, 3.05) is 5.32 Å². The Kier molecular flexibility index (Phi) is 5.44. The van der Waals surface area contributed by atoms with Crippen LogP contribution >= 0.6 is 0 Å². The number of halogens is 1. The molecular formula is C22H21FN6O. The molecular weight excluding hydrogens is 383 g/mol. The quantitative estimate of drug-likeness (QED) is 0.656. The Morgan fingerprint density at radius 3 is 2.77 bits per heavy atom. The lowest BCUT2D eigenvalue weighted by Crippen LogP contribution is -2.40. The highest BCUT2D eigenvalue weighted by Crippen LogP contribution is 2.27. The Hall–Kier alpha value is -3.73. The fourth-order valence-corrected chi connectivity index (χ4v) is 3.29. The van der Waals surface area contributed by atoms with Crippen LogP contribution in [0.25, 0.3) is 5.69 Å². The molecule has 1 aliphatic carbocycles. The summed E-state index contributed by atoms with van der Waals surface area (Å²) in [5.41, 5.74) is 2.57. The second-order valence-corrected chi connectivity index (χ2v) is 7.31. The van der Waals surface area contributed by atoms with Gasteiger partial charge >= 0.3 is 0 Å². The van der Waals surface area contributed by atoms with Gasteiger partial charge in [-0.1, -0.05) is 30.3 Å². The number of aryl methyl sites for hydroxylation is 1. The number of anilines is 1. The summed E-state index contributed by atoms with van der Waals surface area (Å²) in [6.07, 6.45) is 5.34. The normalized spacial score (nSPS) is 18.7. The molecule has 2 heterocycles. The summed E-state index contributed by atoms with van der Waals surface area (Å²) in [5.74, 6) is 0.139. The van der Waals surface area contributed by atoms with Crippen LogP contribution in [0.4, 0.5) is 10.2 Å². The van der Waals surface area contributed by atoms with Crippen molar-refractivity contribution in [1.29, 1.82) is 5.26 Å². The van der Waals surface area contributed by atoms with Gasteiger partial charge in [-0.05, 0) is 30.9 Å². The summed E-state index contributed by atoms with van der Waals surface area (Å²) in [6.45, 7) is 1.90. The van der Waals surface area contributed by atoms with Crippen molar-refractivity contribution < 1.29 is 9.18 Å². The fourth-order valence-electron chi connectivity index (χ4n) is 3.29. The van der Waals surface area contributed by atoms with Crippen LogP contribution in [-0.4, -0.2) is 32.7 Å². The van der Waals surface area contributed by atoms with Crippen molar-refractivity contribution in [2.45, 2.75) is 38.0 Å². The van der Waals surface area contributed by atoms with E-state index in [4.69, 9.17) is 0 Å². The molecule has 8 heteroatoms. The zero-order valence-electron chi connectivity index (χ0n) is 16.4. The number of amides is 1. The molecule has 152 valence electrons. The minimum absolute atomic E-state index is 0.194. The van der Waals surface area contributed by atoms with E-state index in [1.807, 2.05) is 31.2 Å². The standard InChI is InChI=1S/C22H21FN6O/c1-14-11-25-21(27-17-8-7-16(17)23)9-20(14)29-12-19(26-13-29)22(30)28-18(10-24)15-5-3-2-4-6-15/h2-6,9,11-13,16-18H,7-8H2,1H3,(H,25,27)(H,28,30)/t16-,17?,18?/m0/s1. The maximum atomic E-state index is 13.5. The van der Waals surface area contributed by atoms with Crippen LogP contribution in [-0.2, 0) is 0 Å². The number of carbonyl (C=O) groups excluding carboxylic acids is 1. The largest absolute Gasteiger partial charge is 0.364 e. The van der Waals surface area contributed by atoms with Gasteiger partial charge in [-0.2, -0.15) is 5.26 Å². The molecule has 7 nitrogen and oxygen atoms in total. The first-order valence-corrected chi connectivity index (χ1v) is 9.72. The van der Waals surface area contributed by atoms with Crippen LogP contribution < -0.4 is 10.6 Å². The van der Waals surface area contributed by atoms with E-state index in [0.29, 0.717) is 17.8 Å². The number of hydrogen-bond donors (Lipinski definition) is 2. The Bertz CT molecular complexity index is 1090. The van der Waals surface area contributed by atoms with Crippen LogP contribution in [0.15, 0.2) is 55.1 Å². The van der Waals surface area contributed by atoms with Crippen molar-refractivity contribution in [3.8, 4) is 11.8 Å². The van der Waals surface area contributed by atoms with Crippen molar-refractivity contribution >= 4 is 11.7 Å². The third-order valence-corrected chi connectivity index (χ3v) is 5.23. The first kappa shape index (κ1) is 19.6. The van der Waals surface area contributed by atoms with Crippen molar-refractivity contribution in [3.05, 3.63) is 71.9 Å². The van der Waals surface area contributed by atoms with E-state index in [0.717, 1.165) is 17.7 Å². The van der Waals surface area contributed by atoms with Crippen LogP contribution in [0.5, 0.6) is 0 Å². The van der Waals surface area contributed by atoms with Gasteiger partial charge in [0.2, 0.25) is 0 Å². The molecule has 1 aromatic carbocycles. The lowest BCUT2D eigenvalue weighted by Gasteiger charge is -2.31. The molecule has 0 bridgehead atoms. The Labute approximate surface area is 173 Å². The molecule has 0 aliphatic heterocycles. The highest BCUT2D eigenvalue weighted by atomic mass is 19.1. The summed E-state index contributed by atoms with van der Waals surface area (Å²) in [5, 5.41) is 15.2. The van der Waals surface area contributed by atoms with Gasteiger partial charge in [-0.25, -0.2) is 14.4 Å². The Morgan fingerprint density at radius 2 is 2.10 bits per heavy atom. The van der Waals surface area contributed by atoms with Crippen molar-refractivity contribution in [3.63, 3.8) is 0 Å². The number of pyridine rings is 1. The number of aromatic nitrogens is 3. The SMILES string of the molecule is Cc1cnc(NC2CC[C@@H]2F)cc1-n1cnc(C(=O)NC(C#N)c2ccccc2)c1. The zero-order valence-corrected chi connectivity index (χ0v) is 16.4. The molecule has 0 radical (unpaired) electrons. The van der Waals surface area contributed by atoms with Gasteiger partial charge < -0.3 is 15.2 Å². The van der Waals surface area contributed by atoms with Gasteiger partial charge in [0.15, 0.2) is 0 Å².